The first-order chi connectivity index (χ1) is 8.08. The van der Waals surface area contributed by atoms with E-state index >= 15 is 0 Å². The molecule has 1 rings (SSSR count). The molecule has 0 bridgehead atoms. The summed E-state index contributed by atoms with van der Waals surface area (Å²) in [5, 5.41) is 16.6. The van der Waals surface area contributed by atoms with E-state index in [2.05, 4.69) is 26.1 Å². The third-order valence-electron chi connectivity index (χ3n) is 1.89. The van der Waals surface area contributed by atoms with Crippen molar-refractivity contribution < 1.29 is 14.9 Å². The van der Waals surface area contributed by atoms with Crippen molar-refractivity contribution in [2.24, 2.45) is 10.8 Å². The van der Waals surface area contributed by atoms with E-state index in [4.69, 9.17) is 10.5 Å². The minimum atomic E-state index is 0.0665. The fourth-order valence-electron chi connectivity index (χ4n) is 1.05. The third-order valence-corrected chi connectivity index (χ3v) is 3.00. The van der Waals surface area contributed by atoms with Crippen molar-refractivity contribution >= 4 is 39.1 Å². The lowest BCUT2D eigenvalue weighted by Crippen LogP contribution is -2.62. The Balaban J connectivity index is 2.96. The van der Waals surface area contributed by atoms with Gasteiger partial charge in [0.05, 0.1) is 11.6 Å². The maximum absolute atomic E-state index is 9.62. The van der Waals surface area contributed by atoms with Crippen LogP contribution < -0.4 is 15.6 Å². The van der Waals surface area contributed by atoms with Crippen molar-refractivity contribution in [3.05, 3.63) is 22.2 Å². The van der Waals surface area contributed by atoms with Crippen molar-refractivity contribution in [3.63, 3.8) is 0 Å². The van der Waals surface area contributed by atoms with Gasteiger partial charge in [-0.25, -0.2) is 0 Å². The molecule has 17 heavy (non-hydrogen) atoms. The van der Waals surface area contributed by atoms with Crippen LogP contribution in [-0.4, -0.2) is 29.9 Å². The molecule has 0 aromatic heterocycles. The molecule has 0 heterocycles. The van der Waals surface area contributed by atoms with E-state index in [1.807, 2.05) is 6.26 Å². The summed E-state index contributed by atoms with van der Waals surface area (Å²) in [6.45, 7) is 0. The molecule has 4 N–H and O–H groups in total. The maximum atomic E-state index is 9.62. The van der Waals surface area contributed by atoms with Crippen LogP contribution in [0.25, 0.3) is 0 Å². The fraction of sp³-hybridized carbons (Fsp3) is 0.200. The van der Waals surface area contributed by atoms with Crippen LogP contribution in [0, 0.1) is 0 Å². The number of halogens is 1. The Bertz CT molecular complexity index is 463. The smallest absolute Gasteiger partial charge is 0.225 e. The number of aromatic hydroxyl groups is 1. The predicted octanol–water partition coefficient (Wildman–Crippen LogP) is 0.256. The Morgan fingerprint density at radius 2 is 2.35 bits per heavy atom. The van der Waals surface area contributed by atoms with Gasteiger partial charge in [0, 0.05) is 10.7 Å². The van der Waals surface area contributed by atoms with Crippen LogP contribution in [0.3, 0.4) is 0 Å². The van der Waals surface area contributed by atoms with Gasteiger partial charge in [0.2, 0.25) is 11.4 Å². The molecule has 0 unspecified atom stereocenters. The second-order valence-electron chi connectivity index (χ2n) is 2.98. The quantitative estimate of drug-likeness (QED) is 0.424. The number of phenols is 1. The standard InChI is InChI=1S/C10H12BrN3O2S/c1-16-8-4-6(3-7(11)9(8)15)5-13-14-10(12)17-2/h3-5,15H,1-2H3,(H2,12,14)/p+1. The van der Waals surface area contributed by atoms with E-state index in [1.165, 1.54) is 18.9 Å². The van der Waals surface area contributed by atoms with Gasteiger partial charge in [-0.1, -0.05) is 11.8 Å². The summed E-state index contributed by atoms with van der Waals surface area (Å²) in [7, 11) is 1.49. The molecule has 0 aliphatic carbocycles. The summed E-state index contributed by atoms with van der Waals surface area (Å²) in [5.41, 5.74) is 6.30. The average Bonchev–Trinajstić information content (AvgIpc) is 2.33. The fourth-order valence-corrected chi connectivity index (χ4v) is 1.65. The first kappa shape index (κ1) is 13.9. The van der Waals surface area contributed by atoms with Crippen LogP contribution in [0.1, 0.15) is 5.56 Å². The van der Waals surface area contributed by atoms with Crippen molar-refractivity contribution in [2.75, 3.05) is 13.4 Å². The molecule has 0 saturated heterocycles. The summed E-state index contributed by atoms with van der Waals surface area (Å²) in [5.74, 6) is 0.450. The topological polar surface area (TPSA) is 81.8 Å². The number of methoxy groups -OCH3 is 1. The Morgan fingerprint density at radius 3 is 2.94 bits per heavy atom. The molecule has 0 spiro atoms. The molecule has 0 atom stereocenters. The second kappa shape index (κ2) is 6.51. The maximum Gasteiger partial charge on any atom is 0.225 e. The number of phenolic OH excluding ortho intramolecular Hbond substituents is 1. The monoisotopic (exact) mass is 318 g/mol. The SMILES string of the molecule is COc1cc(C=[NH+]N=C(N)SC)cc(Br)c1O. The number of nitrogens with one attached hydrogen (secondary N) is 1. The Kier molecular flexibility index (Phi) is 5.30. The first-order valence-electron chi connectivity index (χ1n) is 4.61. The number of thioether (sulfide) groups is 1. The van der Waals surface area contributed by atoms with Gasteiger partial charge < -0.3 is 15.6 Å². The number of hydrogen-bond donors (Lipinski definition) is 3. The predicted molar refractivity (Wildman–Crippen MR) is 73.6 cm³/mol. The number of nitrogens with two attached hydrogens (primary N) is 1. The molecule has 0 fully saturated rings. The molecular formula is C10H13BrN3O2S+. The Labute approximate surface area is 112 Å². The lowest BCUT2D eigenvalue weighted by Gasteiger charge is -2.04. The van der Waals surface area contributed by atoms with E-state index in [-0.39, 0.29) is 5.75 Å². The largest absolute Gasteiger partial charge is 0.503 e. The lowest BCUT2D eigenvalue weighted by molar-refractivity contribution is -0.456. The number of amidine groups is 1. The highest BCUT2D eigenvalue weighted by atomic mass is 79.9. The van der Waals surface area contributed by atoms with Gasteiger partial charge in [-0.3, -0.25) is 0 Å². The second-order valence-corrected chi connectivity index (χ2v) is 4.66. The normalized spacial score (nSPS) is 12.1. The zero-order chi connectivity index (χ0) is 12.8. The molecule has 0 aliphatic rings. The summed E-state index contributed by atoms with van der Waals surface area (Å²) < 4.78 is 5.57. The number of hydrogen-bond acceptors (Lipinski definition) is 4. The average molecular weight is 319 g/mol. The minimum Gasteiger partial charge on any atom is -0.503 e. The van der Waals surface area contributed by atoms with Crippen LogP contribution in [-0.2, 0) is 0 Å². The molecule has 0 saturated carbocycles. The number of nitrogens with zero attached hydrogens (tertiary/aromatic N) is 1. The zero-order valence-corrected chi connectivity index (χ0v) is 11.8. The zero-order valence-electron chi connectivity index (χ0n) is 9.40. The van der Waals surface area contributed by atoms with Crippen molar-refractivity contribution in [2.45, 2.75) is 0 Å². The number of rotatable bonds is 3. The van der Waals surface area contributed by atoms with Crippen LogP contribution in [0.5, 0.6) is 11.5 Å². The first-order valence-corrected chi connectivity index (χ1v) is 6.62. The molecular weight excluding hydrogens is 306 g/mol. The Morgan fingerprint density at radius 1 is 1.65 bits per heavy atom. The van der Waals surface area contributed by atoms with Crippen LogP contribution in [0.4, 0.5) is 0 Å². The van der Waals surface area contributed by atoms with E-state index in [0.717, 1.165) is 5.56 Å². The third kappa shape index (κ3) is 3.94. The molecule has 0 aliphatic heterocycles. The molecule has 92 valence electrons. The van der Waals surface area contributed by atoms with E-state index in [1.54, 1.807) is 18.3 Å². The van der Waals surface area contributed by atoms with Crippen LogP contribution >= 0.6 is 27.7 Å². The molecule has 1 aromatic carbocycles. The van der Waals surface area contributed by atoms with Gasteiger partial charge in [-0.15, -0.1) is 5.10 Å². The van der Waals surface area contributed by atoms with Gasteiger partial charge >= 0.3 is 0 Å². The molecule has 7 heteroatoms. The van der Waals surface area contributed by atoms with E-state index in [9.17, 15) is 5.11 Å². The highest BCUT2D eigenvalue weighted by molar-refractivity contribution is 9.10. The van der Waals surface area contributed by atoms with Crippen LogP contribution in [0.15, 0.2) is 21.7 Å². The summed E-state index contributed by atoms with van der Waals surface area (Å²) >= 11 is 4.57. The summed E-state index contributed by atoms with van der Waals surface area (Å²) in [6.07, 6.45) is 3.48. The summed E-state index contributed by atoms with van der Waals surface area (Å²) in [6, 6.07) is 3.41. The van der Waals surface area contributed by atoms with Gasteiger partial charge in [0.1, 0.15) is 0 Å². The molecule has 0 radical (unpaired) electrons. The molecule has 1 aromatic rings. The van der Waals surface area contributed by atoms with E-state index < -0.39 is 0 Å². The van der Waals surface area contributed by atoms with Crippen molar-refractivity contribution in [1.29, 1.82) is 0 Å². The molecule has 5 nitrogen and oxygen atoms in total. The number of ether oxygens (including phenoxy) is 1. The van der Waals surface area contributed by atoms with Gasteiger partial charge in [0.25, 0.3) is 0 Å². The number of benzene rings is 1. The van der Waals surface area contributed by atoms with E-state index in [0.29, 0.717) is 15.4 Å². The van der Waals surface area contributed by atoms with Crippen molar-refractivity contribution in [3.8, 4) is 11.5 Å². The van der Waals surface area contributed by atoms with Gasteiger partial charge in [-0.05, 0) is 34.3 Å². The Hall–Kier alpha value is -1.21. The highest BCUT2D eigenvalue weighted by Crippen LogP contribution is 2.34. The summed E-state index contributed by atoms with van der Waals surface area (Å²) in [4.78, 5) is 0. The van der Waals surface area contributed by atoms with Gasteiger partial charge in [0.15, 0.2) is 11.5 Å². The van der Waals surface area contributed by atoms with Crippen LogP contribution in [0.2, 0.25) is 0 Å². The molecule has 0 amide bonds. The highest BCUT2D eigenvalue weighted by Gasteiger charge is 2.08. The minimum absolute atomic E-state index is 0.0665. The lowest BCUT2D eigenvalue weighted by atomic mass is 10.2. The van der Waals surface area contributed by atoms with Gasteiger partial charge in [-0.2, -0.15) is 0 Å². The van der Waals surface area contributed by atoms with Crippen molar-refractivity contribution in [1.82, 2.24) is 0 Å². The number of hydrazone groups is 1.